The molecule has 0 aliphatic rings. The Labute approximate surface area is 152 Å². The van der Waals surface area contributed by atoms with Crippen LogP contribution in [0.5, 0.6) is 0 Å². The molecule has 0 bridgehead atoms. The molecule has 2 aromatic carbocycles. The molecule has 0 spiro atoms. The standard InChI is InChI=1S/C20H22N2O4/c1-3-26-20(25)16-10-7-11-17(12-16)22-19(24)13-18(21-14(2)23)15-8-5-4-6-9-15/h4-12,18H,3,13H2,1-2H3,(H,21,23)(H,22,24)/t18-/m1/s1. The van der Waals surface area contributed by atoms with Gasteiger partial charge in [-0.15, -0.1) is 0 Å². The molecule has 1 atom stereocenters. The third-order valence-corrected chi connectivity index (χ3v) is 3.63. The molecule has 0 aliphatic heterocycles. The van der Waals surface area contributed by atoms with Crippen molar-refractivity contribution in [2.45, 2.75) is 26.3 Å². The Morgan fingerprint density at radius 1 is 1.04 bits per heavy atom. The van der Waals surface area contributed by atoms with E-state index in [0.717, 1.165) is 5.56 Å². The van der Waals surface area contributed by atoms with Crippen molar-refractivity contribution in [3.63, 3.8) is 0 Å². The molecule has 0 aliphatic carbocycles. The van der Waals surface area contributed by atoms with Gasteiger partial charge in [-0.3, -0.25) is 9.59 Å². The Balaban J connectivity index is 2.07. The second kappa shape index (κ2) is 9.36. The number of anilines is 1. The van der Waals surface area contributed by atoms with Crippen molar-refractivity contribution in [3.05, 3.63) is 65.7 Å². The number of benzene rings is 2. The summed E-state index contributed by atoms with van der Waals surface area (Å²) < 4.78 is 4.95. The number of carbonyl (C=O) groups excluding carboxylic acids is 3. The van der Waals surface area contributed by atoms with Crippen molar-refractivity contribution in [2.75, 3.05) is 11.9 Å². The van der Waals surface area contributed by atoms with E-state index in [1.807, 2.05) is 30.3 Å². The van der Waals surface area contributed by atoms with Crippen LogP contribution >= 0.6 is 0 Å². The zero-order chi connectivity index (χ0) is 18.9. The molecule has 0 fully saturated rings. The third kappa shape index (κ3) is 5.73. The lowest BCUT2D eigenvalue weighted by Gasteiger charge is -2.18. The number of hydrogen-bond acceptors (Lipinski definition) is 4. The van der Waals surface area contributed by atoms with Gasteiger partial charge in [0.25, 0.3) is 0 Å². The van der Waals surface area contributed by atoms with E-state index in [4.69, 9.17) is 4.74 Å². The summed E-state index contributed by atoms with van der Waals surface area (Å²) in [5, 5.41) is 5.54. The van der Waals surface area contributed by atoms with Gasteiger partial charge in [0.15, 0.2) is 0 Å². The third-order valence-electron chi connectivity index (χ3n) is 3.63. The Morgan fingerprint density at radius 2 is 1.77 bits per heavy atom. The molecule has 2 aromatic rings. The highest BCUT2D eigenvalue weighted by Gasteiger charge is 2.17. The van der Waals surface area contributed by atoms with E-state index in [-0.39, 0.29) is 24.8 Å². The summed E-state index contributed by atoms with van der Waals surface area (Å²) in [4.78, 5) is 35.6. The van der Waals surface area contributed by atoms with E-state index in [1.54, 1.807) is 31.2 Å². The highest BCUT2D eigenvalue weighted by Crippen LogP contribution is 2.18. The minimum Gasteiger partial charge on any atom is -0.462 e. The maximum absolute atomic E-state index is 12.4. The molecule has 6 heteroatoms. The molecule has 136 valence electrons. The monoisotopic (exact) mass is 354 g/mol. The second-order valence-electron chi connectivity index (χ2n) is 5.72. The Kier molecular flexibility index (Phi) is 6.91. The molecule has 0 aromatic heterocycles. The molecule has 0 radical (unpaired) electrons. The first-order chi connectivity index (χ1) is 12.5. The smallest absolute Gasteiger partial charge is 0.338 e. The number of ether oxygens (including phenoxy) is 1. The molecule has 2 amide bonds. The van der Waals surface area contributed by atoms with E-state index in [9.17, 15) is 14.4 Å². The number of rotatable bonds is 7. The summed E-state index contributed by atoms with van der Waals surface area (Å²) in [5.41, 5.74) is 1.71. The second-order valence-corrected chi connectivity index (χ2v) is 5.72. The first-order valence-corrected chi connectivity index (χ1v) is 8.38. The van der Waals surface area contributed by atoms with Crippen LogP contribution in [0, 0.1) is 0 Å². The molecule has 2 N–H and O–H groups in total. The summed E-state index contributed by atoms with van der Waals surface area (Å²) in [6.45, 7) is 3.43. The average Bonchev–Trinajstić information content (AvgIpc) is 2.62. The van der Waals surface area contributed by atoms with Crippen molar-refractivity contribution < 1.29 is 19.1 Å². The topological polar surface area (TPSA) is 84.5 Å². The van der Waals surface area contributed by atoms with Gasteiger partial charge in [0.05, 0.1) is 24.6 Å². The Bertz CT molecular complexity index is 774. The number of hydrogen-bond donors (Lipinski definition) is 2. The normalized spacial score (nSPS) is 11.3. The molecule has 26 heavy (non-hydrogen) atoms. The first-order valence-electron chi connectivity index (χ1n) is 8.38. The predicted molar refractivity (Wildman–Crippen MR) is 98.6 cm³/mol. The molecule has 6 nitrogen and oxygen atoms in total. The maximum atomic E-state index is 12.4. The van der Waals surface area contributed by atoms with Gasteiger partial charge < -0.3 is 15.4 Å². The maximum Gasteiger partial charge on any atom is 0.338 e. The molecule has 0 saturated carbocycles. The number of nitrogens with one attached hydrogen (secondary N) is 2. The molecule has 2 rings (SSSR count). The minimum atomic E-state index is -0.441. The van der Waals surface area contributed by atoms with Crippen LogP contribution in [-0.4, -0.2) is 24.4 Å². The lowest BCUT2D eigenvalue weighted by Crippen LogP contribution is -2.29. The fourth-order valence-corrected chi connectivity index (χ4v) is 2.52. The van der Waals surface area contributed by atoms with E-state index < -0.39 is 12.0 Å². The van der Waals surface area contributed by atoms with Crippen LogP contribution in [0.25, 0.3) is 0 Å². The van der Waals surface area contributed by atoms with Gasteiger partial charge in [-0.25, -0.2) is 4.79 Å². The highest BCUT2D eigenvalue weighted by atomic mass is 16.5. The van der Waals surface area contributed by atoms with Crippen LogP contribution in [0.4, 0.5) is 5.69 Å². The zero-order valence-electron chi connectivity index (χ0n) is 14.8. The van der Waals surface area contributed by atoms with Crippen LogP contribution < -0.4 is 10.6 Å². The van der Waals surface area contributed by atoms with E-state index in [0.29, 0.717) is 11.3 Å². The lowest BCUT2D eigenvalue weighted by atomic mass is 10.0. The average molecular weight is 354 g/mol. The van der Waals surface area contributed by atoms with Crippen molar-refractivity contribution >= 4 is 23.5 Å². The van der Waals surface area contributed by atoms with Crippen LogP contribution in [-0.2, 0) is 14.3 Å². The van der Waals surface area contributed by atoms with Gasteiger partial charge >= 0.3 is 5.97 Å². The number of carbonyl (C=O) groups is 3. The van der Waals surface area contributed by atoms with Crippen molar-refractivity contribution in [3.8, 4) is 0 Å². The van der Waals surface area contributed by atoms with Gasteiger partial charge in [-0.1, -0.05) is 36.4 Å². The van der Waals surface area contributed by atoms with E-state index >= 15 is 0 Å². The fourth-order valence-electron chi connectivity index (χ4n) is 2.52. The predicted octanol–water partition coefficient (Wildman–Crippen LogP) is 3.07. The van der Waals surface area contributed by atoms with Crippen LogP contribution in [0.1, 0.15) is 42.2 Å². The summed E-state index contributed by atoms with van der Waals surface area (Å²) in [5.74, 6) is -0.923. The van der Waals surface area contributed by atoms with Crippen LogP contribution in [0.3, 0.4) is 0 Å². The molecular weight excluding hydrogens is 332 g/mol. The van der Waals surface area contributed by atoms with Gasteiger partial charge in [0.2, 0.25) is 11.8 Å². The number of esters is 1. The molecule has 0 saturated heterocycles. The first kappa shape index (κ1) is 19.2. The van der Waals surface area contributed by atoms with Crippen molar-refractivity contribution in [2.24, 2.45) is 0 Å². The minimum absolute atomic E-state index is 0.0766. The quantitative estimate of drug-likeness (QED) is 0.749. The SMILES string of the molecule is CCOC(=O)c1cccc(NC(=O)C[C@@H](NC(C)=O)c2ccccc2)c1. The van der Waals surface area contributed by atoms with Gasteiger partial charge in [-0.2, -0.15) is 0 Å². The highest BCUT2D eigenvalue weighted by molar-refractivity contribution is 5.95. The van der Waals surface area contributed by atoms with Gasteiger partial charge in [0.1, 0.15) is 0 Å². The summed E-state index contributed by atoms with van der Waals surface area (Å²) in [6.07, 6.45) is 0.0766. The zero-order valence-corrected chi connectivity index (χ0v) is 14.8. The fraction of sp³-hybridized carbons (Fsp3) is 0.250. The molecule has 0 unspecified atom stereocenters. The summed E-state index contributed by atoms with van der Waals surface area (Å²) in [6, 6.07) is 15.4. The summed E-state index contributed by atoms with van der Waals surface area (Å²) in [7, 11) is 0. The Hall–Kier alpha value is -3.15. The molecule has 0 heterocycles. The van der Waals surface area contributed by atoms with Gasteiger partial charge in [-0.05, 0) is 30.7 Å². The Morgan fingerprint density at radius 3 is 2.42 bits per heavy atom. The molecular formula is C20H22N2O4. The lowest BCUT2D eigenvalue weighted by molar-refractivity contribution is -0.120. The van der Waals surface area contributed by atoms with Crippen molar-refractivity contribution in [1.82, 2.24) is 5.32 Å². The van der Waals surface area contributed by atoms with E-state index in [1.165, 1.54) is 6.92 Å². The summed E-state index contributed by atoms with van der Waals surface area (Å²) >= 11 is 0. The number of amides is 2. The van der Waals surface area contributed by atoms with Crippen molar-refractivity contribution in [1.29, 1.82) is 0 Å². The largest absolute Gasteiger partial charge is 0.462 e. The van der Waals surface area contributed by atoms with Crippen LogP contribution in [0.2, 0.25) is 0 Å². The van der Waals surface area contributed by atoms with Crippen LogP contribution in [0.15, 0.2) is 54.6 Å². The van der Waals surface area contributed by atoms with E-state index in [2.05, 4.69) is 10.6 Å². The van der Waals surface area contributed by atoms with Gasteiger partial charge in [0, 0.05) is 12.6 Å².